The summed E-state index contributed by atoms with van der Waals surface area (Å²) in [5.41, 5.74) is 2.53. The molecule has 0 bridgehead atoms. The highest BCUT2D eigenvalue weighted by atomic mass is 32.1. The predicted molar refractivity (Wildman–Crippen MR) is 113 cm³/mol. The third-order valence-electron chi connectivity index (χ3n) is 4.25. The number of aromatic amines is 1. The predicted octanol–water partition coefficient (Wildman–Crippen LogP) is 3.69. The molecule has 1 N–H and O–H groups in total. The maximum atomic E-state index is 5.48. The molecule has 0 unspecified atom stereocenters. The van der Waals surface area contributed by atoms with E-state index in [-0.39, 0.29) is 0 Å². The molecule has 29 heavy (non-hydrogen) atoms. The van der Waals surface area contributed by atoms with Gasteiger partial charge in [0, 0.05) is 17.8 Å². The van der Waals surface area contributed by atoms with Crippen LogP contribution in [0.1, 0.15) is 5.56 Å². The Morgan fingerprint density at radius 1 is 1.10 bits per heavy atom. The number of para-hydroxylation sites is 1. The number of benzene rings is 2. The molecule has 9 heteroatoms. The number of ether oxygens (including phenoxy) is 2. The van der Waals surface area contributed by atoms with Gasteiger partial charge in [-0.05, 0) is 36.5 Å². The van der Waals surface area contributed by atoms with Crippen molar-refractivity contribution in [1.82, 2.24) is 24.7 Å². The van der Waals surface area contributed by atoms with Crippen molar-refractivity contribution in [3.63, 3.8) is 0 Å². The summed E-state index contributed by atoms with van der Waals surface area (Å²) in [6, 6.07) is 15.3. The van der Waals surface area contributed by atoms with Crippen LogP contribution in [-0.4, -0.2) is 45.1 Å². The minimum Gasteiger partial charge on any atom is -0.497 e. The van der Waals surface area contributed by atoms with Crippen LogP contribution in [0, 0.1) is 4.77 Å². The van der Waals surface area contributed by atoms with E-state index in [9.17, 15) is 0 Å². The highest BCUT2D eigenvalue weighted by Crippen LogP contribution is 2.32. The lowest BCUT2D eigenvalue weighted by atomic mass is 10.2. The number of H-pyrrole nitrogens is 1. The molecule has 0 aliphatic carbocycles. The van der Waals surface area contributed by atoms with Gasteiger partial charge in [0.2, 0.25) is 4.77 Å². The Kier molecular flexibility index (Phi) is 5.21. The quantitative estimate of drug-likeness (QED) is 0.390. The van der Waals surface area contributed by atoms with Gasteiger partial charge in [-0.1, -0.05) is 18.2 Å². The van der Waals surface area contributed by atoms with E-state index in [2.05, 4.69) is 20.4 Å². The van der Waals surface area contributed by atoms with E-state index in [1.807, 2.05) is 48.7 Å². The summed E-state index contributed by atoms with van der Waals surface area (Å²) < 4.78 is 14.4. The molecular weight excluding hydrogens is 388 g/mol. The smallest absolute Gasteiger partial charge is 0.216 e. The first-order valence-electron chi connectivity index (χ1n) is 8.74. The second kappa shape index (κ2) is 8.11. The molecule has 0 spiro atoms. The van der Waals surface area contributed by atoms with Crippen molar-refractivity contribution in [2.45, 2.75) is 0 Å². The highest BCUT2D eigenvalue weighted by molar-refractivity contribution is 7.71. The molecule has 0 aliphatic rings. The van der Waals surface area contributed by atoms with E-state index in [0.717, 1.165) is 16.8 Å². The number of nitrogens with one attached hydrogen (secondary N) is 1. The monoisotopic (exact) mass is 406 g/mol. The average molecular weight is 406 g/mol. The summed E-state index contributed by atoms with van der Waals surface area (Å²) in [5.74, 6) is 1.82. The van der Waals surface area contributed by atoms with Crippen molar-refractivity contribution in [3.8, 4) is 28.6 Å². The van der Waals surface area contributed by atoms with Crippen molar-refractivity contribution in [1.29, 1.82) is 0 Å². The minimum absolute atomic E-state index is 0.365. The molecule has 0 aliphatic heterocycles. The van der Waals surface area contributed by atoms with E-state index >= 15 is 0 Å². The van der Waals surface area contributed by atoms with Crippen LogP contribution in [0.5, 0.6) is 11.5 Å². The molecule has 0 fully saturated rings. The number of methoxy groups -OCH3 is 2. The van der Waals surface area contributed by atoms with Crippen LogP contribution in [0.15, 0.2) is 66.0 Å². The summed E-state index contributed by atoms with van der Waals surface area (Å²) in [6.07, 6.45) is 5.29. The highest BCUT2D eigenvalue weighted by Gasteiger charge is 2.14. The largest absolute Gasteiger partial charge is 0.497 e. The van der Waals surface area contributed by atoms with Gasteiger partial charge in [-0.2, -0.15) is 20.0 Å². The number of rotatable bonds is 6. The number of nitrogens with zero attached hydrogens (tertiary/aromatic N) is 5. The summed E-state index contributed by atoms with van der Waals surface area (Å²) in [5, 5.41) is 15.9. The SMILES string of the molecule is COc1ccc(-c2n[nH]c(=S)n2/N=C\c2cnn(-c3ccccc3)c2)c(OC)c1. The molecule has 2 aromatic heterocycles. The Labute approximate surface area is 172 Å². The Morgan fingerprint density at radius 3 is 2.69 bits per heavy atom. The van der Waals surface area contributed by atoms with Gasteiger partial charge in [-0.25, -0.2) is 9.78 Å². The van der Waals surface area contributed by atoms with Crippen LogP contribution in [0.3, 0.4) is 0 Å². The van der Waals surface area contributed by atoms with Crippen LogP contribution < -0.4 is 9.47 Å². The van der Waals surface area contributed by atoms with Crippen molar-refractivity contribution in [2.75, 3.05) is 14.2 Å². The van der Waals surface area contributed by atoms with E-state index in [4.69, 9.17) is 21.7 Å². The lowest BCUT2D eigenvalue weighted by Crippen LogP contribution is -1.97. The van der Waals surface area contributed by atoms with Crippen LogP contribution >= 0.6 is 12.2 Å². The van der Waals surface area contributed by atoms with Crippen LogP contribution in [0.2, 0.25) is 0 Å². The van der Waals surface area contributed by atoms with Gasteiger partial charge in [-0.3, -0.25) is 0 Å². The normalized spacial score (nSPS) is 11.1. The van der Waals surface area contributed by atoms with Crippen molar-refractivity contribution < 1.29 is 9.47 Å². The molecule has 4 rings (SSSR count). The molecule has 0 atom stereocenters. The molecular formula is C20H18N6O2S. The zero-order valence-corrected chi connectivity index (χ0v) is 16.6. The Bertz CT molecular complexity index is 1210. The Balaban J connectivity index is 1.67. The van der Waals surface area contributed by atoms with Gasteiger partial charge in [-0.15, -0.1) is 0 Å². The maximum absolute atomic E-state index is 5.48. The first kappa shape index (κ1) is 18.6. The fraction of sp³-hybridized carbons (Fsp3) is 0.100. The second-order valence-corrected chi connectivity index (χ2v) is 6.42. The molecule has 4 aromatic rings. The van der Waals surface area contributed by atoms with Gasteiger partial charge in [0.1, 0.15) is 11.5 Å². The van der Waals surface area contributed by atoms with Crippen LogP contribution in [-0.2, 0) is 0 Å². The summed E-state index contributed by atoms with van der Waals surface area (Å²) >= 11 is 5.34. The molecule has 0 saturated carbocycles. The minimum atomic E-state index is 0.365. The van der Waals surface area contributed by atoms with E-state index in [0.29, 0.717) is 22.1 Å². The number of aromatic nitrogens is 5. The third-order valence-corrected chi connectivity index (χ3v) is 4.51. The first-order chi connectivity index (χ1) is 14.2. The molecule has 2 aromatic carbocycles. The number of hydrogen-bond acceptors (Lipinski definition) is 6. The van der Waals surface area contributed by atoms with Gasteiger partial charge in [0.25, 0.3) is 0 Å². The molecule has 2 heterocycles. The second-order valence-electron chi connectivity index (χ2n) is 6.03. The average Bonchev–Trinajstić information content (AvgIpc) is 3.39. The van der Waals surface area contributed by atoms with Gasteiger partial charge in [0.05, 0.1) is 37.9 Å². The van der Waals surface area contributed by atoms with E-state index in [1.165, 1.54) is 0 Å². The molecule has 0 saturated heterocycles. The maximum Gasteiger partial charge on any atom is 0.216 e. The first-order valence-corrected chi connectivity index (χ1v) is 9.14. The Morgan fingerprint density at radius 2 is 1.93 bits per heavy atom. The van der Waals surface area contributed by atoms with Gasteiger partial charge >= 0.3 is 0 Å². The zero-order chi connectivity index (χ0) is 20.2. The topological polar surface area (TPSA) is 82.3 Å². The van der Waals surface area contributed by atoms with Crippen LogP contribution in [0.25, 0.3) is 17.1 Å². The van der Waals surface area contributed by atoms with Crippen molar-refractivity contribution in [3.05, 3.63) is 71.3 Å². The number of hydrogen-bond donors (Lipinski definition) is 1. The van der Waals surface area contributed by atoms with Crippen molar-refractivity contribution >= 4 is 18.4 Å². The fourth-order valence-electron chi connectivity index (χ4n) is 2.81. The van der Waals surface area contributed by atoms with E-state index in [1.54, 1.807) is 42.1 Å². The lowest BCUT2D eigenvalue weighted by molar-refractivity contribution is 0.395. The third kappa shape index (κ3) is 3.81. The van der Waals surface area contributed by atoms with E-state index < -0.39 is 0 Å². The zero-order valence-electron chi connectivity index (χ0n) is 15.8. The molecule has 146 valence electrons. The summed E-state index contributed by atoms with van der Waals surface area (Å²) in [4.78, 5) is 0. The molecule has 0 radical (unpaired) electrons. The van der Waals surface area contributed by atoms with Gasteiger partial charge < -0.3 is 9.47 Å². The van der Waals surface area contributed by atoms with Crippen LogP contribution in [0.4, 0.5) is 0 Å². The van der Waals surface area contributed by atoms with Crippen molar-refractivity contribution in [2.24, 2.45) is 5.10 Å². The molecule has 0 amide bonds. The molecule has 8 nitrogen and oxygen atoms in total. The standard InChI is InChI=1S/C20H18N6O2S/c1-27-16-8-9-17(18(10-16)28-2)19-23-24-20(29)26(19)22-12-14-11-21-25(13-14)15-6-4-3-5-7-15/h3-13H,1-2H3,(H,24,29)/b22-12-. The Hall–Kier alpha value is -3.72. The summed E-state index contributed by atoms with van der Waals surface area (Å²) in [7, 11) is 3.19. The summed E-state index contributed by atoms with van der Waals surface area (Å²) in [6.45, 7) is 0. The fourth-order valence-corrected chi connectivity index (χ4v) is 2.99. The lowest BCUT2D eigenvalue weighted by Gasteiger charge is -2.09. The van der Waals surface area contributed by atoms with Gasteiger partial charge in [0.15, 0.2) is 5.82 Å².